The monoisotopic (exact) mass is 381 g/mol. The van der Waals surface area contributed by atoms with E-state index in [4.69, 9.17) is 18.9 Å². The van der Waals surface area contributed by atoms with Crippen molar-refractivity contribution in [1.29, 1.82) is 0 Å². The van der Waals surface area contributed by atoms with E-state index in [1.807, 2.05) is 12.1 Å². The summed E-state index contributed by atoms with van der Waals surface area (Å²) >= 11 is 0. The highest BCUT2D eigenvalue weighted by Crippen LogP contribution is 2.34. The summed E-state index contributed by atoms with van der Waals surface area (Å²) in [5.74, 6) is 3.50. The summed E-state index contributed by atoms with van der Waals surface area (Å²) in [5, 5.41) is 3.89. The van der Waals surface area contributed by atoms with Crippen LogP contribution in [-0.4, -0.2) is 25.7 Å². The molecule has 5 heteroatoms. The molecular weight excluding hydrogens is 354 g/mol. The molecule has 3 aliphatic heterocycles. The molecule has 1 saturated heterocycles. The number of aryl methyl sites for hydroxylation is 2. The van der Waals surface area contributed by atoms with Gasteiger partial charge in [-0.05, 0) is 73.9 Å². The Morgan fingerprint density at radius 1 is 0.679 bits per heavy atom. The first-order chi connectivity index (χ1) is 13.8. The van der Waals surface area contributed by atoms with Gasteiger partial charge >= 0.3 is 0 Å². The molecule has 0 amide bonds. The largest absolute Gasteiger partial charge is 0.454 e. The summed E-state index contributed by atoms with van der Waals surface area (Å²) in [7, 11) is 0. The van der Waals surface area contributed by atoms with Gasteiger partial charge in [0.1, 0.15) is 0 Å². The minimum atomic E-state index is 0.341. The molecule has 28 heavy (non-hydrogen) atoms. The fourth-order valence-corrected chi connectivity index (χ4v) is 4.44. The molecule has 5 rings (SSSR count). The van der Waals surface area contributed by atoms with Crippen LogP contribution in [0, 0.1) is 0 Å². The Kier molecular flexibility index (Phi) is 5.00. The molecule has 3 heterocycles. The second kappa shape index (κ2) is 7.92. The van der Waals surface area contributed by atoms with E-state index in [0.29, 0.717) is 25.7 Å². The average Bonchev–Trinajstić information content (AvgIpc) is 3.39. The lowest BCUT2D eigenvalue weighted by atomic mass is 9.91. The van der Waals surface area contributed by atoms with Gasteiger partial charge in [0.05, 0.1) is 0 Å². The molecule has 0 aliphatic carbocycles. The lowest BCUT2D eigenvalue weighted by molar-refractivity contribution is 0.173. The predicted octanol–water partition coefficient (Wildman–Crippen LogP) is 4.22. The van der Waals surface area contributed by atoms with Crippen LogP contribution in [0.3, 0.4) is 0 Å². The van der Waals surface area contributed by atoms with Crippen LogP contribution in [-0.2, 0) is 12.8 Å². The van der Waals surface area contributed by atoms with E-state index in [2.05, 4.69) is 29.6 Å². The van der Waals surface area contributed by atoms with Crippen molar-refractivity contribution in [3.63, 3.8) is 0 Å². The molecule has 5 nitrogen and oxygen atoms in total. The molecular formula is C23H27NO4. The fourth-order valence-electron chi connectivity index (χ4n) is 4.44. The Balaban J connectivity index is 1.11. The first-order valence-electron chi connectivity index (χ1n) is 10.4. The Labute approximate surface area is 165 Å². The molecule has 0 saturated carbocycles. The van der Waals surface area contributed by atoms with E-state index < -0.39 is 0 Å². The molecule has 2 aromatic carbocycles. The van der Waals surface area contributed by atoms with Gasteiger partial charge in [-0.1, -0.05) is 18.6 Å². The SMILES string of the molecule is c1cc2c(cc1CCC1CCCC(CCc3ccc4c(c3)OCO4)N1)OCO2. The molecule has 3 aliphatic rings. The van der Waals surface area contributed by atoms with Crippen molar-refractivity contribution in [1.82, 2.24) is 5.32 Å². The van der Waals surface area contributed by atoms with E-state index in [1.165, 1.54) is 43.2 Å². The lowest BCUT2D eigenvalue weighted by Crippen LogP contribution is -2.42. The third kappa shape index (κ3) is 3.90. The maximum atomic E-state index is 5.50. The molecule has 1 N–H and O–H groups in total. The van der Waals surface area contributed by atoms with Crippen molar-refractivity contribution >= 4 is 0 Å². The highest BCUT2D eigenvalue weighted by Gasteiger charge is 2.22. The molecule has 2 unspecified atom stereocenters. The summed E-state index contributed by atoms with van der Waals surface area (Å²) in [6.07, 6.45) is 8.33. The maximum Gasteiger partial charge on any atom is 0.231 e. The van der Waals surface area contributed by atoms with Crippen molar-refractivity contribution in [3.05, 3.63) is 47.5 Å². The van der Waals surface area contributed by atoms with Crippen molar-refractivity contribution in [2.45, 2.75) is 57.0 Å². The summed E-state index contributed by atoms with van der Waals surface area (Å²) in [5.41, 5.74) is 2.65. The summed E-state index contributed by atoms with van der Waals surface area (Å²) in [4.78, 5) is 0. The molecule has 2 atom stereocenters. The van der Waals surface area contributed by atoms with Gasteiger partial charge in [-0.3, -0.25) is 0 Å². The molecule has 148 valence electrons. The zero-order valence-corrected chi connectivity index (χ0v) is 16.1. The Morgan fingerprint density at radius 2 is 1.18 bits per heavy atom. The molecule has 2 aromatic rings. The van der Waals surface area contributed by atoms with Crippen LogP contribution < -0.4 is 24.3 Å². The van der Waals surface area contributed by atoms with Gasteiger partial charge in [0.2, 0.25) is 13.6 Å². The maximum absolute atomic E-state index is 5.50. The van der Waals surface area contributed by atoms with Gasteiger partial charge in [0.15, 0.2) is 23.0 Å². The molecule has 0 radical (unpaired) electrons. The summed E-state index contributed by atoms with van der Waals surface area (Å²) < 4.78 is 21.8. The lowest BCUT2D eigenvalue weighted by Gasteiger charge is -2.31. The molecule has 0 bridgehead atoms. The van der Waals surface area contributed by atoms with Crippen molar-refractivity contribution < 1.29 is 18.9 Å². The Bertz CT molecular complexity index is 770. The average molecular weight is 381 g/mol. The van der Waals surface area contributed by atoms with Gasteiger partial charge in [-0.15, -0.1) is 0 Å². The third-order valence-corrected chi connectivity index (χ3v) is 6.01. The smallest absolute Gasteiger partial charge is 0.231 e. The van der Waals surface area contributed by atoms with Crippen molar-refractivity contribution in [3.8, 4) is 23.0 Å². The number of nitrogens with one attached hydrogen (secondary N) is 1. The van der Waals surface area contributed by atoms with E-state index in [1.54, 1.807) is 0 Å². The van der Waals surface area contributed by atoms with E-state index in [-0.39, 0.29) is 0 Å². The molecule has 0 aromatic heterocycles. The van der Waals surface area contributed by atoms with Crippen LogP contribution >= 0.6 is 0 Å². The minimum absolute atomic E-state index is 0.341. The van der Waals surface area contributed by atoms with Gasteiger partial charge in [0, 0.05) is 12.1 Å². The fraction of sp³-hybridized carbons (Fsp3) is 0.478. The van der Waals surface area contributed by atoms with E-state index >= 15 is 0 Å². The van der Waals surface area contributed by atoms with E-state index in [9.17, 15) is 0 Å². The number of hydrogen-bond donors (Lipinski definition) is 1. The van der Waals surface area contributed by atoms with Gasteiger partial charge in [-0.25, -0.2) is 0 Å². The highest BCUT2D eigenvalue weighted by molar-refractivity contribution is 5.45. The van der Waals surface area contributed by atoms with Crippen LogP contribution in [0.25, 0.3) is 0 Å². The topological polar surface area (TPSA) is 49.0 Å². The molecule has 1 fully saturated rings. The quantitative estimate of drug-likeness (QED) is 0.812. The number of piperidine rings is 1. The van der Waals surface area contributed by atoms with Crippen LogP contribution in [0.15, 0.2) is 36.4 Å². The number of hydrogen-bond acceptors (Lipinski definition) is 5. The highest BCUT2D eigenvalue weighted by atomic mass is 16.7. The number of ether oxygens (including phenoxy) is 4. The van der Waals surface area contributed by atoms with Gasteiger partial charge in [-0.2, -0.15) is 0 Å². The standard InChI is InChI=1S/C23H27NO4/c1-2-18(8-4-16-6-10-20-22(12-16)27-14-25-20)24-19(3-1)9-5-17-7-11-21-23(13-17)28-15-26-21/h6-7,10-13,18-19,24H,1-5,8-9,14-15H2. The van der Waals surface area contributed by atoms with Gasteiger partial charge < -0.3 is 24.3 Å². The molecule has 0 spiro atoms. The van der Waals surface area contributed by atoms with Crippen LogP contribution in [0.2, 0.25) is 0 Å². The Hall–Kier alpha value is -2.40. The summed E-state index contributed by atoms with van der Waals surface area (Å²) in [6.45, 7) is 0.683. The van der Waals surface area contributed by atoms with E-state index in [0.717, 1.165) is 35.8 Å². The third-order valence-electron chi connectivity index (χ3n) is 6.01. The van der Waals surface area contributed by atoms with Crippen molar-refractivity contribution in [2.24, 2.45) is 0 Å². The van der Waals surface area contributed by atoms with Crippen LogP contribution in [0.1, 0.15) is 43.2 Å². The second-order valence-electron chi connectivity index (χ2n) is 7.94. The van der Waals surface area contributed by atoms with Crippen molar-refractivity contribution in [2.75, 3.05) is 13.6 Å². The normalized spacial score (nSPS) is 22.4. The first-order valence-corrected chi connectivity index (χ1v) is 10.4. The minimum Gasteiger partial charge on any atom is -0.454 e. The van der Waals surface area contributed by atoms with Crippen LogP contribution in [0.5, 0.6) is 23.0 Å². The second-order valence-corrected chi connectivity index (χ2v) is 7.94. The number of benzene rings is 2. The predicted molar refractivity (Wildman–Crippen MR) is 106 cm³/mol. The van der Waals surface area contributed by atoms with Crippen LogP contribution in [0.4, 0.5) is 0 Å². The number of fused-ring (bicyclic) bond motifs is 2. The summed E-state index contributed by atoms with van der Waals surface area (Å²) in [6, 6.07) is 13.8. The zero-order valence-electron chi connectivity index (χ0n) is 16.1. The Morgan fingerprint density at radius 3 is 1.71 bits per heavy atom. The van der Waals surface area contributed by atoms with Gasteiger partial charge in [0.25, 0.3) is 0 Å². The number of rotatable bonds is 6. The zero-order chi connectivity index (χ0) is 18.8. The first kappa shape index (κ1) is 17.7.